The second kappa shape index (κ2) is 5.55. The van der Waals surface area contributed by atoms with Crippen molar-refractivity contribution in [3.63, 3.8) is 0 Å². The van der Waals surface area contributed by atoms with E-state index in [-0.39, 0.29) is 5.41 Å². The van der Waals surface area contributed by atoms with Crippen LogP contribution < -0.4 is 5.73 Å². The molecule has 0 saturated carbocycles. The molecule has 0 spiro atoms. The van der Waals surface area contributed by atoms with Crippen LogP contribution in [0, 0.1) is 5.41 Å². The molecule has 0 fully saturated rings. The van der Waals surface area contributed by atoms with E-state index < -0.39 is 6.55 Å². The van der Waals surface area contributed by atoms with E-state index in [1.54, 1.807) is 0 Å². The molecule has 4 nitrogen and oxygen atoms in total. The van der Waals surface area contributed by atoms with Gasteiger partial charge in [-0.3, -0.25) is 9.47 Å². The molecule has 0 amide bonds. The summed E-state index contributed by atoms with van der Waals surface area (Å²) in [4.78, 5) is 5.90. The fourth-order valence-corrected chi connectivity index (χ4v) is 1.74. The number of imidazole rings is 1. The van der Waals surface area contributed by atoms with Gasteiger partial charge in [-0.25, -0.2) is 4.98 Å². The standard InChI is InChI=1S/C11H20F2N4/c1-11(2,7-14)8-16(3)6-9-15-4-5-17(9)10(12)13/h4-5,10H,6-8,14H2,1-3H3. The van der Waals surface area contributed by atoms with Gasteiger partial charge in [-0.15, -0.1) is 0 Å². The Balaban J connectivity index is 2.62. The van der Waals surface area contributed by atoms with Crippen molar-refractivity contribution in [3.8, 4) is 0 Å². The first-order chi connectivity index (χ1) is 7.85. The molecule has 1 rings (SSSR count). The molecule has 1 aromatic rings. The van der Waals surface area contributed by atoms with Gasteiger partial charge in [0, 0.05) is 18.9 Å². The van der Waals surface area contributed by atoms with E-state index in [0.717, 1.165) is 11.1 Å². The molecule has 0 aliphatic heterocycles. The lowest BCUT2D eigenvalue weighted by atomic mass is 9.93. The summed E-state index contributed by atoms with van der Waals surface area (Å²) in [7, 11) is 1.88. The Labute approximate surface area is 100 Å². The van der Waals surface area contributed by atoms with E-state index in [1.807, 2.05) is 25.8 Å². The quantitative estimate of drug-likeness (QED) is 0.831. The maximum Gasteiger partial charge on any atom is 0.319 e. The summed E-state index contributed by atoms with van der Waals surface area (Å²) in [5.41, 5.74) is 5.61. The predicted molar refractivity (Wildman–Crippen MR) is 62.6 cm³/mol. The highest BCUT2D eigenvalue weighted by Gasteiger charge is 2.20. The van der Waals surface area contributed by atoms with Gasteiger partial charge in [0.25, 0.3) is 0 Å². The Morgan fingerprint density at radius 3 is 2.71 bits per heavy atom. The summed E-state index contributed by atoms with van der Waals surface area (Å²) in [6, 6.07) is 0. The molecule has 98 valence electrons. The number of rotatable bonds is 6. The molecule has 6 heteroatoms. The van der Waals surface area contributed by atoms with E-state index in [0.29, 0.717) is 18.9 Å². The summed E-state index contributed by atoms with van der Waals surface area (Å²) >= 11 is 0. The minimum atomic E-state index is -2.54. The van der Waals surface area contributed by atoms with Crippen LogP contribution in [0.2, 0.25) is 0 Å². The average molecular weight is 246 g/mol. The summed E-state index contributed by atoms with van der Waals surface area (Å²) in [5.74, 6) is 0.371. The number of nitrogens with two attached hydrogens (primary N) is 1. The average Bonchev–Trinajstić information content (AvgIpc) is 2.65. The normalized spacial score (nSPS) is 12.7. The Morgan fingerprint density at radius 2 is 2.18 bits per heavy atom. The molecule has 0 aromatic carbocycles. The zero-order chi connectivity index (χ0) is 13.1. The van der Waals surface area contributed by atoms with Gasteiger partial charge < -0.3 is 5.73 Å². The van der Waals surface area contributed by atoms with Crippen LogP contribution in [0.3, 0.4) is 0 Å². The molecule has 0 aliphatic rings. The summed E-state index contributed by atoms with van der Waals surface area (Å²) in [6.45, 7) is 3.23. The molecule has 0 aliphatic carbocycles. The Hall–Kier alpha value is -1.01. The van der Waals surface area contributed by atoms with Crippen LogP contribution in [-0.4, -0.2) is 34.6 Å². The van der Waals surface area contributed by atoms with E-state index in [2.05, 4.69) is 4.98 Å². The van der Waals surface area contributed by atoms with Gasteiger partial charge in [-0.1, -0.05) is 13.8 Å². The smallest absolute Gasteiger partial charge is 0.319 e. The number of aromatic nitrogens is 2. The first kappa shape index (κ1) is 14.1. The van der Waals surface area contributed by atoms with E-state index in [4.69, 9.17) is 5.73 Å². The van der Waals surface area contributed by atoms with Gasteiger partial charge >= 0.3 is 6.55 Å². The van der Waals surface area contributed by atoms with Crippen LogP contribution in [0.5, 0.6) is 0 Å². The monoisotopic (exact) mass is 246 g/mol. The first-order valence-electron chi connectivity index (χ1n) is 5.54. The molecule has 0 saturated heterocycles. The molecule has 0 atom stereocenters. The third-order valence-electron chi connectivity index (χ3n) is 2.62. The highest BCUT2D eigenvalue weighted by molar-refractivity contribution is 4.93. The minimum Gasteiger partial charge on any atom is -0.330 e. The Kier molecular flexibility index (Phi) is 4.59. The van der Waals surface area contributed by atoms with Gasteiger partial charge in [-0.05, 0) is 19.0 Å². The molecule has 0 radical (unpaired) electrons. The van der Waals surface area contributed by atoms with Gasteiger partial charge in [0.1, 0.15) is 5.82 Å². The lowest BCUT2D eigenvalue weighted by molar-refractivity contribution is 0.0636. The number of hydrogen-bond donors (Lipinski definition) is 1. The van der Waals surface area contributed by atoms with Crippen molar-refractivity contribution in [2.24, 2.45) is 11.1 Å². The molecule has 0 unspecified atom stereocenters. The lowest BCUT2D eigenvalue weighted by Crippen LogP contribution is -2.36. The zero-order valence-electron chi connectivity index (χ0n) is 10.5. The van der Waals surface area contributed by atoms with E-state index in [9.17, 15) is 8.78 Å². The predicted octanol–water partition coefficient (Wildman–Crippen LogP) is 1.69. The molecular weight excluding hydrogens is 226 g/mol. The maximum atomic E-state index is 12.6. The molecule has 0 bridgehead atoms. The topological polar surface area (TPSA) is 47.1 Å². The van der Waals surface area contributed by atoms with E-state index in [1.165, 1.54) is 12.4 Å². The largest absolute Gasteiger partial charge is 0.330 e. The summed E-state index contributed by atoms with van der Waals surface area (Å²) in [6.07, 6.45) is 2.69. The highest BCUT2D eigenvalue weighted by atomic mass is 19.3. The molecular formula is C11H20F2N4. The number of alkyl halides is 2. The fraction of sp³-hybridized carbons (Fsp3) is 0.727. The second-order valence-electron chi connectivity index (χ2n) is 5.07. The number of nitrogens with zero attached hydrogens (tertiary/aromatic N) is 3. The highest BCUT2D eigenvalue weighted by Crippen LogP contribution is 2.17. The molecule has 17 heavy (non-hydrogen) atoms. The summed E-state index contributed by atoms with van der Waals surface area (Å²) < 4.78 is 26.1. The van der Waals surface area contributed by atoms with E-state index >= 15 is 0 Å². The maximum absolute atomic E-state index is 12.6. The third-order valence-corrected chi connectivity index (χ3v) is 2.62. The van der Waals surface area contributed by atoms with Gasteiger partial charge in [0.15, 0.2) is 0 Å². The lowest BCUT2D eigenvalue weighted by Gasteiger charge is -2.28. The number of hydrogen-bond acceptors (Lipinski definition) is 3. The molecule has 1 aromatic heterocycles. The Bertz CT molecular complexity index is 349. The molecule has 1 heterocycles. The van der Waals surface area contributed by atoms with Crippen LogP contribution in [-0.2, 0) is 6.54 Å². The van der Waals surface area contributed by atoms with Crippen molar-refractivity contribution >= 4 is 0 Å². The van der Waals surface area contributed by atoms with Gasteiger partial charge in [0.2, 0.25) is 0 Å². The van der Waals surface area contributed by atoms with Crippen LogP contribution >= 0.6 is 0 Å². The first-order valence-corrected chi connectivity index (χ1v) is 5.54. The third kappa shape index (κ3) is 4.05. The fourth-order valence-electron chi connectivity index (χ4n) is 1.74. The SMILES string of the molecule is CN(Cc1nccn1C(F)F)CC(C)(C)CN. The van der Waals surface area contributed by atoms with Crippen molar-refractivity contribution in [3.05, 3.63) is 18.2 Å². The van der Waals surface area contributed by atoms with Crippen molar-refractivity contribution in [2.45, 2.75) is 26.9 Å². The van der Waals surface area contributed by atoms with Gasteiger partial charge in [0.05, 0.1) is 6.54 Å². The Morgan fingerprint density at radius 1 is 1.53 bits per heavy atom. The van der Waals surface area contributed by atoms with Crippen molar-refractivity contribution < 1.29 is 8.78 Å². The van der Waals surface area contributed by atoms with Crippen LogP contribution in [0.15, 0.2) is 12.4 Å². The number of halogens is 2. The van der Waals surface area contributed by atoms with Gasteiger partial charge in [-0.2, -0.15) is 8.78 Å². The van der Waals surface area contributed by atoms with Crippen LogP contribution in [0.25, 0.3) is 0 Å². The zero-order valence-corrected chi connectivity index (χ0v) is 10.5. The van der Waals surface area contributed by atoms with Crippen molar-refractivity contribution in [2.75, 3.05) is 20.1 Å². The van der Waals surface area contributed by atoms with Crippen molar-refractivity contribution in [1.29, 1.82) is 0 Å². The van der Waals surface area contributed by atoms with Crippen molar-refractivity contribution in [1.82, 2.24) is 14.5 Å². The summed E-state index contributed by atoms with van der Waals surface area (Å²) in [5, 5.41) is 0. The molecule has 2 N–H and O–H groups in total. The minimum absolute atomic E-state index is 0.0308. The second-order valence-corrected chi connectivity index (χ2v) is 5.07. The van der Waals surface area contributed by atoms with Crippen LogP contribution in [0.4, 0.5) is 8.78 Å². The van der Waals surface area contributed by atoms with Crippen LogP contribution in [0.1, 0.15) is 26.2 Å².